The maximum absolute atomic E-state index is 13.3. The molecule has 0 bridgehead atoms. The van der Waals surface area contributed by atoms with Crippen LogP contribution in [0.1, 0.15) is 21.5 Å². The second-order valence-electron chi connectivity index (χ2n) is 8.88. The zero-order valence-corrected chi connectivity index (χ0v) is 24.3. The topological polar surface area (TPSA) is 86.1 Å². The van der Waals surface area contributed by atoms with Crippen molar-refractivity contribution >= 4 is 56.9 Å². The normalized spacial score (nSPS) is 14.2. The van der Waals surface area contributed by atoms with Crippen LogP contribution in [0.5, 0.6) is 17.2 Å². The Morgan fingerprint density at radius 1 is 1.05 bits per heavy atom. The van der Waals surface area contributed by atoms with Crippen LogP contribution in [0.3, 0.4) is 0 Å². The minimum absolute atomic E-state index is 0.201. The first kappa shape index (κ1) is 26.2. The molecule has 38 heavy (non-hydrogen) atoms. The summed E-state index contributed by atoms with van der Waals surface area (Å²) in [5.41, 5.74) is 12.2. The van der Waals surface area contributed by atoms with Gasteiger partial charge in [-0.1, -0.05) is 40.8 Å². The predicted octanol–water partition coefficient (Wildman–Crippen LogP) is 6.60. The van der Waals surface area contributed by atoms with Gasteiger partial charge in [-0.15, -0.1) is 11.3 Å². The minimum Gasteiger partial charge on any atom is -0.493 e. The van der Waals surface area contributed by atoms with Crippen molar-refractivity contribution in [2.45, 2.75) is 17.0 Å². The monoisotopic (exact) mass is 641 g/mol. The smallest absolute Gasteiger partial charge is 0.255 e. The number of nitrogens with zero attached hydrogens (tertiary/aromatic N) is 1. The van der Waals surface area contributed by atoms with E-state index >= 15 is 0 Å². The highest BCUT2D eigenvalue weighted by Crippen LogP contribution is 2.41. The summed E-state index contributed by atoms with van der Waals surface area (Å²) in [6.07, 6.45) is 0.887. The molecule has 0 saturated heterocycles. The van der Waals surface area contributed by atoms with E-state index in [-0.39, 0.29) is 9.96 Å². The average Bonchev–Trinajstić information content (AvgIpc) is 3.57. The number of methoxy groups -OCH3 is 3. The second kappa shape index (κ2) is 11.1. The molecule has 0 radical (unpaired) electrons. The summed E-state index contributed by atoms with van der Waals surface area (Å²) in [5, 5.41) is 5.04. The van der Waals surface area contributed by atoms with Gasteiger partial charge in [0.15, 0.2) is 11.5 Å². The van der Waals surface area contributed by atoms with E-state index < -0.39 is 0 Å². The van der Waals surface area contributed by atoms with E-state index in [1.165, 1.54) is 5.56 Å². The summed E-state index contributed by atoms with van der Waals surface area (Å²) < 4.78 is 16.8. The van der Waals surface area contributed by atoms with Crippen LogP contribution in [0.25, 0.3) is 10.4 Å². The van der Waals surface area contributed by atoms with Gasteiger partial charge in [0, 0.05) is 29.1 Å². The number of hydrogen-bond acceptors (Lipinski definition) is 7. The molecular weight excluding hydrogens is 613 g/mol. The van der Waals surface area contributed by atoms with Gasteiger partial charge < -0.3 is 30.2 Å². The number of carbonyl (C=O) groups is 1. The maximum atomic E-state index is 13.3. The maximum Gasteiger partial charge on any atom is 0.255 e. The number of nitrogens with two attached hydrogens (primary N) is 1. The minimum atomic E-state index is -0.201. The number of rotatable bonds is 8. The molecule has 1 aliphatic heterocycles. The number of benzene rings is 3. The van der Waals surface area contributed by atoms with E-state index in [4.69, 9.17) is 19.9 Å². The lowest BCUT2D eigenvalue weighted by atomic mass is 10.1. The fourth-order valence-electron chi connectivity index (χ4n) is 4.65. The molecule has 0 aliphatic carbocycles. The van der Waals surface area contributed by atoms with E-state index in [2.05, 4.69) is 32.8 Å². The van der Waals surface area contributed by atoms with Crippen molar-refractivity contribution in [2.75, 3.05) is 37.3 Å². The number of amides is 1. The molecular formula is C29H28IN3O4S. The van der Waals surface area contributed by atoms with Crippen molar-refractivity contribution in [1.29, 1.82) is 0 Å². The number of thiophene rings is 1. The number of anilines is 3. The van der Waals surface area contributed by atoms with E-state index in [1.807, 2.05) is 66.0 Å². The molecule has 196 valence electrons. The third-order valence-corrected chi connectivity index (χ3v) is 8.60. The highest BCUT2D eigenvalue weighted by Gasteiger charge is 2.29. The highest BCUT2D eigenvalue weighted by molar-refractivity contribution is 14.1. The molecule has 0 saturated carbocycles. The van der Waals surface area contributed by atoms with Gasteiger partial charge >= 0.3 is 0 Å². The first-order valence-corrected chi connectivity index (χ1v) is 14.1. The van der Waals surface area contributed by atoms with Crippen LogP contribution in [0, 0.1) is 0 Å². The number of carbonyl (C=O) groups excluding carboxylic acids is 1. The Hall–Kier alpha value is -3.44. The number of alkyl halides is 1. The highest BCUT2D eigenvalue weighted by atomic mass is 127. The first-order valence-electron chi connectivity index (χ1n) is 12.0. The molecule has 4 aromatic rings. The van der Waals surface area contributed by atoms with Crippen molar-refractivity contribution in [3.63, 3.8) is 0 Å². The molecule has 1 aromatic heterocycles. The van der Waals surface area contributed by atoms with Gasteiger partial charge in [0.1, 0.15) is 0 Å². The summed E-state index contributed by atoms with van der Waals surface area (Å²) in [6.45, 7) is 0.623. The molecule has 1 unspecified atom stereocenters. The lowest BCUT2D eigenvalue weighted by molar-refractivity contribution is 0.102. The predicted molar refractivity (Wildman–Crippen MR) is 162 cm³/mol. The number of hydrogen-bond donors (Lipinski definition) is 2. The van der Waals surface area contributed by atoms with Gasteiger partial charge in [-0.3, -0.25) is 4.79 Å². The van der Waals surface area contributed by atoms with Crippen LogP contribution in [-0.2, 0) is 13.0 Å². The Bertz CT molecular complexity index is 1450. The van der Waals surface area contributed by atoms with Crippen molar-refractivity contribution < 1.29 is 19.0 Å². The molecule has 3 aromatic carbocycles. The van der Waals surface area contributed by atoms with Crippen LogP contribution in [0.4, 0.5) is 17.1 Å². The van der Waals surface area contributed by atoms with Crippen LogP contribution >= 0.6 is 33.9 Å². The Kier molecular flexibility index (Phi) is 7.66. The van der Waals surface area contributed by atoms with E-state index in [1.54, 1.807) is 32.7 Å². The fourth-order valence-corrected chi connectivity index (χ4v) is 6.35. The standard InChI is InChI=1S/C29H28IN3O4S/c1-35-24-11-17(12-25(36-2)28(24)37-3)16-33-23-14-20(7-6-18(23)15-27(33)30)29(34)32-22-13-19(8-9-21(22)31)26-5-4-10-38-26/h4-14,27H,15-16,31H2,1-3H3,(H,32,34). The van der Waals surface area contributed by atoms with E-state index in [9.17, 15) is 4.79 Å². The Labute approximate surface area is 239 Å². The molecule has 2 heterocycles. The number of ether oxygens (including phenoxy) is 3. The molecule has 0 spiro atoms. The third-order valence-electron chi connectivity index (χ3n) is 6.57. The summed E-state index contributed by atoms with van der Waals surface area (Å²) in [6, 6.07) is 19.6. The number of nitrogen functional groups attached to an aromatic ring is 1. The molecule has 9 heteroatoms. The van der Waals surface area contributed by atoms with Crippen LogP contribution in [0.15, 0.2) is 66.0 Å². The van der Waals surface area contributed by atoms with Gasteiger partial charge in [-0.05, 0) is 64.5 Å². The number of fused-ring (bicyclic) bond motifs is 1. The molecule has 1 amide bonds. The van der Waals surface area contributed by atoms with Crippen LogP contribution in [-0.4, -0.2) is 31.3 Å². The van der Waals surface area contributed by atoms with E-state index in [0.717, 1.165) is 28.1 Å². The SMILES string of the molecule is COc1cc(CN2c3cc(C(=O)Nc4cc(-c5cccs5)ccc4N)ccc3CC2I)cc(OC)c1OC. The zero-order chi connectivity index (χ0) is 26.8. The molecule has 0 fully saturated rings. The van der Waals surface area contributed by atoms with E-state index in [0.29, 0.717) is 40.7 Å². The number of halogens is 1. The van der Waals surface area contributed by atoms with Crippen molar-refractivity contribution in [2.24, 2.45) is 0 Å². The molecule has 1 aliphatic rings. The quantitative estimate of drug-likeness (QED) is 0.0977. The lowest BCUT2D eigenvalue weighted by Crippen LogP contribution is -2.26. The second-order valence-corrected chi connectivity index (χ2v) is 11.3. The molecule has 5 rings (SSSR count). The largest absolute Gasteiger partial charge is 0.493 e. The van der Waals surface area contributed by atoms with Crippen molar-refractivity contribution in [1.82, 2.24) is 0 Å². The first-order chi connectivity index (χ1) is 18.4. The van der Waals surface area contributed by atoms with Crippen molar-refractivity contribution in [3.05, 3.63) is 82.7 Å². The lowest BCUT2D eigenvalue weighted by Gasteiger charge is -2.25. The van der Waals surface area contributed by atoms with Gasteiger partial charge in [0.25, 0.3) is 5.91 Å². The van der Waals surface area contributed by atoms with Gasteiger partial charge in [-0.25, -0.2) is 0 Å². The summed E-state index contributed by atoms with van der Waals surface area (Å²) in [5.74, 6) is 1.59. The molecule has 3 N–H and O–H groups in total. The van der Waals surface area contributed by atoms with Gasteiger partial charge in [-0.2, -0.15) is 0 Å². The number of nitrogens with one attached hydrogen (secondary N) is 1. The zero-order valence-electron chi connectivity index (χ0n) is 21.3. The Morgan fingerprint density at radius 3 is 2.47 bits per heavy atom. The van der Waals surface area contributed by atoms with Crippen molar-refractivity contribution in [3.8, 4) is 27.7 Å². The summed E-state index contributed by atoms with van der Waals surface area (Å²) >= 11 is 4.09. The third kappa shape index (κ3) is 5.12. The average molecular weight is 642 g/mol. The van der Waals surface area contributed by atoms with Crippen LogP contribution in [0.2, 0.25) is 0 Å². The molecule has 7 nitrogen and oxygen atoms in total. The fraction of sp³-hybridized carbons (Fsp3) is 0.207. The van der Waals surface area contributed by atoms with Crippen LogP contribution < -0.4 is 30.2 Å². The summed E-state index contributed by atoms with van der Waals surface area (Å²) in [7, 11) is 4.82. The Morgan fingerprint density at radius 2 is 1.82 bits per heavy atom. The van der Waals surface area contributed by atoms with Gasteiger partial charge in [0.2, 0.25) is 5.75 Å². The summed E-state index contributed by atoms with van der Waals surface area (Å²) in [4.78, 5) is 16.7. The van der Waals surface area contributed by atoms with Gasteiger partial charge in [0.05, 0.1) is 36.8 Å². The molecule has 1 atom stereocenters. The Balaban J connectivity index is 1.41.